The van der Waals surface area contributed by atoms with Crippen molar-refractivity contribution in [2.75, 3.05) is 0 Å². The summed E-state index contributed by atoms with van der Waals surface area (Å²) >= 11 is 2.98. The normalized spacial score (nSPS) is 9.69. The summed E-state index contributed by atoms with van der Waals surface area (Å²) in [6, 6.07) is 28.9. The molecular weight excluding hydrogens is 520 g/mol. The Morgan fingerprint density at radius 1 is 0.722 bits per heavy atom. The van der Waals surface area contributed by atoms with Gasteiger partial charge in [0, 0.05) is 21.9 Å². The fourth-order valence-corrected chi connectivity index (χ4v) is 4.41. The molecule has 0 amide bonds. The van der Waals surface area contributed by atoms with Gasteiger partial charge in [-0.05, 0) is 12.1 Å². The second-order valence-corrected chi connectivity index (χ2v) is 8.97. The third kappa shape index (κ3) is 8.80. The number of carbonyl (C=O) groups excluding carboxylic acids is 1. The quantitative estimate of drug-likeness (QED) is 0.261. The van der Waals surface area contributed by atoms with Gasteiger partial charge in [-0.25, -0.2) is 14.8 Å². The molecule has 36 heavy (non-hydrogen) atoms. The number of hydrogen-bond donors (Lipinski definition) is 1. The zero-order valence-corrected chi connectivity index (χ0v) is 24.4. The van der Waals surface area contributed by atoms with Crippen molar-refractivity contribution in [2.45, 2.75) is 13.2 Å². The minimum atomic E-state index is -0.327. The molecule has 0 aliphatic heterocycles. The summed E-state index contributed by atoms with van der Waals surface area (Å²) in [5.74, 6) is -0.327. The van der Waals surface area contributed by atoms with E-state index in [0.29, 0.717) is 5.56 Å². The van der Waals surface area contributed by atoms with Crippen LogP contribution in [0, 0.1) is 0 Å². The Morgan fingerprint density at radius 3 is 1.64 bits per heavy atom. The van der Waals surface area contributed by atoms with Crippen LogP contribution in [0.5, 0.6) is 0 Å². The van der Waals surface area contributed by atoms with Crippen LogP contribution in [-0.4, -0.2) is 26.5 Å². The predicted octanol–water partition coefficient (Wildman–Crippen LogP) is 3.30. The Bertz CT molecular complexity index is 1310. The van der Waals surface area contributed by atoms with Gasteiger partial charge in [0.1, 0.15) is 16.6 Å². The van der Waals surface area contributed by atoms with Gasteiger partial charge in [-0.2, -0.15) is 0 Å². The van der Waals surface area contributed by atoms with Gasteiger partial charge in [0.2, 0.25) is 0 Å². The first-order valence-electron chi connectivity index (χ1n) is 10.6. The van der Waals surface area contributed by atoms with Crippen molar-refractivity contribution in [3.05, 3.63) is 117 Å². The number of aliphatic hydroxyl groups excluding tert-OH is 1. The van der Waals surface area contributed by atoms with Gasteiger partial charge in [0.25, 0.3) is 0 Å². The van der Waals surface area contributed by atoms with Gasteiger partial charge in [-0.3, -0.25) is 0 Å². The number of carbonyl (C=O) groups is 1. The molecule has 9 heteroatoms. The van der Waals surface area contributed by atoms with Crippen LogP contribution in [0.25, 0.3) is 22.5 Å². The molecule has 2 aromatic heterocycles. The maximum atomic E-state index is 11.8. The van der Waals surface area contributed by atoms with Gasteiger partial charge in [-0.15, -0.1) is 22.7 Å². The maximum absolute atomic E-state index is 11.8. The molecule has 178 valence electrons. The molecule has 0 spiro atoms. The zero-order valence-electron chi connectivity index (χ0n) is 19.7. The Balaban J connectivity index is 0.000000264. The predicted molar refractivity (Wildman–Crippen MR) is 139 cm³/mol. The maximum Gasteiger partial charge on any atom is 1.00 e. The Morgan fingerprint density at radius 2 is 1.17 bits per heavy atom. The molecule has 6 nitrogen and oxygen atoms in total. The molecular formula is C27H23KN2O4S2. The molecule has 0 aliphatic rings. The monoisotopic (exact) mass is 542 g/mol. The van der Waals surface area contributed by atoms with Crippen molar-refractivity contribution in [1.82, 2.24) is 9.97 Å². The first kappa shape index (κ1) is 30.2. The topological polar surface area (TPSA) is 102 Å². The molecule has 2 N–H and O–H groups in total. The number of ether oxygens (including phenoxy) is 1. The van der Waals surface area contributed by atoms with Crippen LogP contribution < -0.4 is 51.4 Å². The molecule has 0 saturated heterocycles. The SMILES string of the molecule is O=C(OCc1nc(-c2ccccc2)cs1)c1ccccc1.OCc1nc(-c2ccccc2)cs1.[K+].[OH-]. The molecule has 0 unspecified atom stereocenters. The minimum absolute atomic E-state index is 0. The van der Waals surface area contributed by atoms with Crippen LogP contribution in [0.2, 0.25) is 0 Å². The van der Waals surface area contributed by atoms with Crippen molar-refractivity contribution in [1.29, 1.82) is 0 Å². The molecule has 3 aromatic carbocycles. The number of hydrogen-bond acceptors (Lipinski definition) is 8. The van der Waals surface area contributed by atoms with Crippen LogP contribution in [0.4, 0.5) is 0 Å². The van der Waals surface area contributed by atoms with Gasteiger partial charge < -0.3 is 15.3 Å². The second-order valence-electron chi connectivity index (χ2n) is 7.09. The minimum Gasteiger partial charge on any atom is -0.870 e. The van der Waals surface area contributed by atoms with Gasteiger partial charge in [-0.1, -0.05) is 78.9 Å². The van der Waals surface area contributed by atoms with Crippen molar-refractivity contribution in [3.63, 3.8) is 0 Å². The fourth-order valence-electron chi connectivity index (χ4n) is 3.03. The summed E-state index contributed by atoms with van der Waals surface area (Å²) in [7, 11) is 0. The van der Waals surface area contributed by atoms with E-state index < -0.39 is 0 Å². The summed E-state index contributed by atoms with van der Waals surface area (Å²) in [4.78, 5) is 20.6. The van der Waals surface area contributed by atoms with Crippen LogP contribution in [-0.2, 0) is 18.0 Å². The van der Waals surface area contributed by atoms with Crippen LogP contribution in [0.3, 0.4) is 0 Å². The van der Waals surface area contributed by atoms with Crippen molar-refractivity contribution < 1.29 is 71.5 Å². The molecule has 0 saturated carbocycles. The first-order chi connectivity index (χ1) is 16.7. The summed E-state index contributed by atoms with van der Waals surface area (Å²) in [5.41, 5.74) is 4.56. The van der Waals surface area contributed by atoms with Crippen molar-refractivity contribution in [3.8, 4) is 22.5 Å². The molecule has 5 rings (SSSR count). The van der Waals surface area contributed by atoms with E-state index in [1.165, 1.54) is 22.7 Å². The van der Waals surface area contributed by atoms with Crippen molar-refractivity contribution in [2.24, 2.45) is 0 Å². The first-order valence-corrected chi connectivity index (χ1v) is 12.3. The molecule has 5 aromatic rings. The smallest absolute Gasteiger partial charge is 0.870 e. The summed E-state index contributed by atoms with van der Waals surface area (Å²) < 4.78 is 5.27. The third-order valence-electron chi connectivity index (χ3n) is 4.71. The molecule has 0 radical (unpaired) electrons. The Kier molecular flexibility index (Phi) is 13.3. The number of rotatable bonds is 6. The van der Waals surface area contributed by atoms with E-state index in [-0.39, 0.29) is 76.0 Å². The molecule has 0 atom stereocenters. The fraction of sp³-hybridized carbons (Fsp3) is 0.0741. The van der Waals surface area contributed by atoms with Crippen LogP contribution in [0.1, 0.15) is 20.4 Å². The molecule has 0 fully saturated rings. The summed E-state index contributed by atoms with van der Waals surface area (Å²) in [6.45, 7) is 0.225. The van der Waals surface area contributed by atoms with Gasteiger partial charge >= 0.3 is 57.4 Å². The Labute approximate surface area is 260 Å². The second kappa shape index (κ2) is 15.9. The van der Waals surface area contributed by atoms with E-state index in [4.69, 9.17) is 9.84 Å². The summed E-state index contributed by atoms with van der Waals surface area (Å²) in [6.07, 6.45) is 0. The summed E-state index contributed by atoms with van der Waals surface area (Å²) in [5, 5.41) is 14.3. The van der Waals surface area contributed by atoms with Crippen molar-refractivity contribution >= 4 is 28.6 Å². The molecule has 2 heterocycles. The standard InChI is InChI=1S/C17H13NO2S.C10H9NOS.K.H2O/c19-17(14-9-5-2-6-10-14)20-11-16-18-15(12-21-16)13-7-3-1-4-8-13;12-6-10-11-9(7-13-10)8-4-2-1-3-5-8;;/h1-10,12H,11H2;1-5,7,12H,6H2;;1H2/q;;+1;/p-1. The Hall–Kier alpha value is -2.05. The number of aliphatic hydroxyl groups is 1. The van der Waals surface area contributed by atoms with E-state index in [0.717, 1.165) is 32.5 Å². The van der Waals surface area contributed by atoms with E-state index >= 15 is 0 Å². The number of thiazole rings is 2. The number of benzene rings is 3. The molecule has 0 aliphatic carbocycles. The van der Waals surface area contributed by atoms with E-state index in [1.54, 1.807) is 12.1 Å². The zero-order chi connectivity index (χ0) is 23.6. The molecule has 0 bridgehead atoms. The van der Waals surface area contributed by atoms with Gasteiger partial charge in [0.15, 0.2) is 0 Å². The van der Waals surface area contributed by atoms with E-state index in [1.807, 2.05) is 89.6 Å². The number of esters is 1. The van der Waals surface area contributed by atoms with Crippen LogP contribution >= 0.6 is 22.7 Å². The van der Waals surface area contributed by atoms with E-state index in [2.05, 4.69) is 9.97 Å². The van der Waals surface area contributed by atoms with E-state index in [9.17, 15) is 4.79 Å². The van der Waals surface area contributed by atoms with Crippen LogP contribution in [0.15, 0.2) is 102 Å². The van der Waals surface area contributed by atoms with Gasteiger partial charge in [0.05, 0.1) is 23.6 Å². The third-order valence-corrected chi connectivity index (χ3v) is 6.37. The average Bonchev–Trinajstić information content (AvgIpc) is 3.59. The average molecular weight is 543 g/mol. The number of nitrogens with zero attached hydrogens (tertiary/aromatic N) is 2. The largest absolute Gasteiger partial charge is 1.00 e. The number of aromatic nitrogens is 2.